The molecule has 0 amide bonds. The lowest BCUT2D eigenvalue weighted by Crippen LogP contribution is -2.44. The van der Waals surface area contributed by atoms with E-state index in [1.807, 2.05) is 0 Å². The van der Waals surface area contributed by atoms with E-state index in [4.69, 9.17) is 9.73 Å². The van der Waals surface area contributed by atoms with Crippen LogP contribution in [0.5, 0.6) is 0 Å². The number of halogens is 1. The van der Waals surface area contributed by atoms with E-state index < -0.39 is 0 Å². The third-order valence-electron chi connectivity index (χ3n) is 3.65. The number of rotatable bonds is 8. The van der Waals surface area contributed by atoms with Crippen molar-refractivity contribution in [2.75, 3.05) is 40.9 Å². The van der Waals surface area contributed by atoms with Gasteiger partial charge in [0, 0.05) is 19.7 Å². The summed E-state index contributed by atoms with van der Waals surface area (Å²) in [5.74, 6) is 0.830. The number of nitrogens with one attached hydrogen (secondary N) is 2. The van der Waals surface area contributed by atoms with Crippen LogP contribution in [0.3, 0.4) is 0 Å². The summed E-state index contributed by atoms with van der Waals surface area (Å²) in [6.07, 6.45) is 0. The van der Waals surface area contributed by atoms with Gasteiger partial charge in [0.15, 0.2) is 5.96 Å². The molecule has 1 rings (SSSR count). The minimum absolute atomic E-state index is 0. The monoisotopic (exact) mass is 448 g/mol. The van der Waals surface area contributed by atoms with Gasteiger partial charge in [-0.05, 0) is 40.4 Å². The number of methoxy groups -OCH3 is 1. The van der Waals surface area contributed by atoms with Gasteiger partial charge in [-0.25, -0.2) is 0 Å². The Labute approximate surface area is 164 Å². The number of benzene rings is 1. The minimum Gasteiger partial charge on any atom is -0.383 e. The molecule has 0 aliphatic carbocycles. The predicted octanol–water partition coefficient (Wildman–Crippen LogP) is 2.81. The number of aliphatic imine (C=N–C) groups is 1. The summed E-state index contributed by atoms with van der Waals surface area (Å²) in [4.78, 5) is 6.96. The number of ether oxygens (including phenoxy) is 1. The van der Waals surface area contributed by atoms with Gasteiger partial charge >= 0.3 is 0 Å². The largest absolute Gasteiger partial charge is 0.383 e. The lowest BCUT2D eigenvalue weighted by atomic mass is 10.0. The molecule has 138 valence electrons. The molecule has 0 fully saturated rings. The second kappa shape index (κ2) is 12.5. The molecular formula is C18H33IN4O. The first-order valence-electron chi connectivity index (χ1n) is 8.24. The van der Waals surface area contributed by atoms with Crippen molar-refractivity contribution in [2.45, 2.75) is 32.9 Å². The van der Waals surface area contributed by atoms with E-state index in [-0.39, 0.29) is 36.1 Å². The van der Waals surface area contributed by atoms with Crippen LogP contribution in [0.2, 0.25) is 0 Å². The Balaban J connectivity index is 0.00000529. The molecule has 1 aromatic carbocycles. The summed E-state index contributed by atoms with van der Waals surface area (Å²) >= 11 is 0. The molecule has 0 aliphatic heterocycles. The third kappa shape index (κ3) is 8.30. The van der Waals surface area contributed by atoms with Gasteiger partial charge in [0.1, 0.15) is 0 Å². The topological polar surface area (TPSA) is 48.9 Å². The highest BCUT2D eigenvalue weighted by atomic mass is 127. The van der Waals surface area contributed by atoms with E-state index in [1.54, 1.807) is 7.11 Å². The van der Waals surface area contributed by atoms with Gasteiger partial charge in [0.2, 0.25) is 0 Å². The molecule has 6 heteroatoms. The summed E-state index contributed by atoms with van der Waals surface area (Å²) in [5.41, 5.74) is 2.56. The molecule has 0 bridgehead atoms. The van der Waals surface area contributed by atoms with Gasteiger partial charge in [-0.2, -0.15) is 0 Å². The quantitative estimate of drug-likeness (QED) is 0.365. The van der Waals surface area contributed by atoms with E-state index in [1.165, 1.54) is 11.1 Å². The molecule has 0 heterocycles. The highest BCUT2D eigenvalue weighted by Gasteiger charge is 2.14. The summed E-state index contributed by atoms with van der Waals surface area (Å²) in [6, 6.07) is 9.14. The van der Waals surface area contributed by atoms with Crippen molar-refractivity contribution in [1.82, 2.24) is 15.5 Å². The van der Waals surface area contributed by atoms with Crippen molar-refractivity contribution in [3.63, 3.8) is 0 Å². The Bertz CT molecular complexity index is 476. The molecular weight excluding hydrogens is 415 g/mol. The predicted molar refractivity (Wildman–Crippen MR) is 113 cm³/mol. The summed E-state index contributed by atoms with van der Waals surface area (Å²) < 4.78 is 5.17. The molecule has 0 saturated heterocycles. The maximum absolute atomic E-state index is 5.17. The van der Waals surface area contributed by atoms with Crippen molar-refractivity contribution >= 4 is 29.9 Å². The van der Waals surface area contributed by atoms with Crippen LogP contribution in [-0.4, -0.2) is 57.8 Å². The molecule has 0 radical (unpaired) electrons. The fraction of sp³-hybridized carbons (Fsp3) is 0.611. The second-order valence-electron chi connectivity index (χ2n) is 6.11. The number of likely N-dealkylation sites (N-methyl/N-ethyl adjacent to an activating group) is 1. The van der Waals surface area contributed by atoms with Crippen LogP contribution in [0, 0.1) is 6.92 Å². The fourth-order valence-electron chi connectivity index (χ4n) is 2.38. The van der Waals surface area contributed by atoms with Crippen molar-refractivity contribution in [3.8, 4) is 0 Å². The number of nitrogens with zero attached hydrogens (tertiary/aromatic N) is 2. The second-order valence-corrected chi connectivity index (χ2v) is 6.11. The van der Waals surface area contributed by atoms with Gasteiger partial charge in [0.05, 0.1) is 19.2 Å². The van der Waals surface area contributed by atoms with Crippen molar-refractivity contribution < 1.29 is 4.74 Å². The molecule has 1 aromatic rings. The SMILES string of the molecule is CCNC(=NCC(c1ccc(C)cc1)N(C)C)NC(C)COC.I. The van der Waals surface area contributed by atoms with Crippen LogP contribution in [0.15, 0.2) is 29.3 Å². The Hall–Kier alpha value is -0.860. The fourth-order valence-corrected chi connectivity index (χ4v) is 2.38. The molecule has 24 heavy (non-hydrogen) atoms. The van der Waals surface area contributed by atoms with Crippen LogP contribution in [0.4, 0.5) is 0 Å². The molecule has 0 spiro atoms. The number of aryl methyl sites for hydroxylation is 1. The lowest BCUT2D eigenvalue weighted by Gasteiger charge is -2.24. The van der Waals surface area contributed by atoms with Gasteiger partial charge < -0.3 is 20.3 Å². The summed E-state index contributed by atoms with van der Waals surface area (Å²) in [5, 5.41) is 6.66. The summed E-state index contributed by atoms with van der Waals surface area (Å²) in [7, 11) is 5.89. The Morgan fingerprint density at radius 3 is 2.38 bits per heavy atom. The van der Waals surface area contributed by atoms with E-state index in [9.17, 15) is 0 Å². The first-order valence-corrected chi connectivity index (χ1v) is 8.24. The van der Waals surface area contributed by atoms with Crippen LogP contribution < -0.4 is 10.6 Å². The third-order valence-corrected chi connectivity index (χ3v) is 3.65. The maximum atomic E-state index is 5.17. The molecule has 2 unspecified atom stereocenters. The number of hydrogen-bond acceptors (Lipinski definition) is 3. The average molecular weight is 448 g/mol. The number of hydrogen-bond donors (Lipinski definition) is 2. The zero-order valence-electron chi connectivity index (χ0n) is 15.8. The molecule has 0 saturated carbocycles. The highest BCUT2D eigenvalue weighted by molar-refractivity contribution is 14.0. The van der Waals surface area contributed by atoms with Crippen molar-refractivity contribution in [1.29, 1.82) is 0 Å². The van der Waals surface area contributed by atoms with Gasteiger partial charge in [-0.1, -0.05) is 29.8 Å². The Morgan fingerprint density at radius 2 is 1.88 bits per heavy atom. The van der Waals surface area contributed by atoms with Crippen molar-refractivity contribution in [2.24, 2.45) is 4.99 Å². The van der Waals surface area contributed by atoms with Crippen LogP contribution >= 0.6 is 24.0 Å². The first-order chi connectivity index (χ1) is 11.0. The average Bonchev–Trinajstić information content (AvgIpc) is 2.49. The van der Waals surface area contributed by atoms with Crippen LogP contribution in [0.1, 0.15) is 31.0 Å². The normalized spacial score (nSPS) is 14.0. The Kier molecular flexibility index (Phi) is 12.0. The minimum atomic E-state index is 0. The molecule has 0 aliphatic rings. The summed E-state index contributed by atoms with van der Waals surface area (Å²) in [6.45, 7) is 8.45. The van der Waals surface area contributed by atoms with E-state index in [0.29, 0.717) is 13.2 Å². The Morgan fingerprint density at radius 1 is 1.25 bits per heavy atom. The lowest BCUT2D eigenvalue weighted by molar-refractivity contribution is 0.179. The van der Waals surface area contributed by atoms with Crippen LogP contribution in [-0.2, 0) is 4.74 Å². The van der Waals surface area contributed by atoms with Gasteiger partial charge in [0.25, 0.3) is 0 Å². The first kappa shape index (κ1) is 23.1. The van der Waals surface area contributed by atoms with Crippen LogP contribution in [0.25, 0.3) is 0 Å². The van der Waals surface area contributed by atoms with Crippen molar-refractivity contribution in [3.05, 3.63) is 35.4 Å². The number of guanidine groups is 1. The zero-order valence-corrected chi connectivity index (χ0v) is 18.1. The molecule has 5 nitrogen and oxygen atoms in total. The maximum Gasteiger partial charge on any atom is 0.191 e. The van der Waals surface area contributed by atoms with Gasteiger partial charge in [-0.3, -0.25) is 4.99 Å². The van der Waals surface area contributed by atoms with E-state index in [2.05, 4.69) is 74.7 Å². The smallest absolute Gasteiger partial charge is 0.191 e. The highest BCUT2D eigenvalue weighted by Crippen LogP contribution is 2.19. The molecule has 2 atom stereocenters. The van der Waals surface area contributed by atoms with E-state index in [0.717, 1.165) is 12.5 Å². The molecule has 2 N–H and O–H groups in total. The van der Waals surface area contributed by atoms with E-state index >= 15 is 0 Å². The van der Waals surface area contributed by atoms with Gasteiger partial charge in [-0.15, -0.1) is 24.0 Å². The standard InChI is InChI=1S/C18H32N4O.HI/c1-7-19-18(21-15(3)13-23-6)20-12-17(22(4)5)16-10-8-14(2)9-11-16;/h8-11,15,17H,7,12-13H2,1-6H3,(H2,19,20,21);1H. The molecule has 0 aromatic heterocycles. The zero-order chi connectivity index (χ0) is 17.2.